The Hall–Kier alpha value is -1.61. The summed E-state index contributed by atoms with van der Waals surface area (Å²) in [5.74, 6) is 0.560. The summed E-state index contributed by atoms with van der Waals surface area (Å²) in [6, 6.07) is 8.78. The van der Waals surface area contributed by atoms with Crippen LogP contribution in [0.5, 0.6) is 5.75 Å². The lowest BCUT2D eigenvalue weighted by molar-refractivity contribution is 0.105. The number of benzene rings is 1. The van der Waals surface area contributed by atoms with Gasteiger partial charge in [0.25, 0.3) is 0 Å². The first-order chi connectivity index (χ1) is 8.26. The van der Waals surface area contributed by atoms with Crippen molar-refractivity contribution in [2.45, 2.75) is 6.10 Å². The fourth-order valence-corrected chi connectivity index (χ4v) is 1.25. The molecule has 5 nitrogen and oxygen atoms in total. The summed E-state index contributed by atoms with van der Waals surface area (Å²) >= 11 is 0. The second-order valence-corrected chi connectivity index (χ2v) is 3.53. The lowest BCUT2D eigenvalue weighted by atomic mass is 10.2. The Morgan fingerprint density at radius 3 is 3.00 bits per heavy atom. The van der Waals surface area contributed by atoms with Crippen molar-refractivity contribution in [3.8, 4) is 11.8 Å². The molecule has 0 aliphatic carbocycles. The van der Waals surface area contributed by atoms with E-state index in [0.717, 1.165) is 0 Å². The molecule has 1 rings (SSSR count). The molecule has 0 fully saturated rings. The van der Waals surface area contributed by atoms with E-state index in [1.807, 2.05) is 6.07 Å². The molecule has 0 saturated heterocycles. The van der Waals surface area contributed by atoms with E-state index in [0.29, 0.717) is 24.4 Å². The maximum atomic E-state index is 9.53. The van der Waals surface area contributed by atoms with Gasteiger partial charge in [-0.25, -0.2) is 0 Å². The van der Waals surface area contributed by atoms with Crippen molar-refractivity contribution >= 4 is 0 Å². The van der Waals surface area contributed by atoms with Gasteiger partial charge in [-0.15, -0.1) is 0 Å². The summed E-state index contributed by atoms with van der Waals surface area (Å²) in [4.78, 5) is 0. The Morgan fingerprint density at radius 1 is 1.47 bits per heavy atom. The van der Waals surface area contributed by atoms with Crippen LogP contribution >= 0.6 is 0 Å². The standard InChI is InChI=1S/C12H16N2O3/c13-7-10-2-1-3-12(6-10)17-9-11(16)8-14-4-5-15/h1-3,6,11,14-16H,4-5,8-9H2. The van der Waals surface area contributed by atoms with Crippen LogP contribution in [0.3, 0.4) is 0 Å². The molecular weight excluding hydrogens is 220 g/mol. The molecule has 0 heterocycles. The Balaban J connectivity index is 2.32. The van der Waals surface area contributed by atoms with Crippen molar-refractivity contribution in [3.05, 3.63) is 29.8 Å². The van der Waals surface area contributed by atoms with Crippen molar-refractivity contribution in [2.75, 3.05) is 26.3 Å². The van der Waals surface area contributed by atoms with E-state index >= 15 is 0 Å². The van der Waals surface area contributed by atoms with Gasteiger partial charge in [0, 0.05) is 13.1 Å². The van der Waals surface area contributed by atoms with Crippen LogP contribution in [-0.4, -0.2) is 42.6 Å². The zero-order valence-electron chi connectivity index (χ0n) is 9.47. The topological polar surface area (TPSA) is 85.5 Å². The SMILES string of the molecule is N#Cc1cccc(OCC(O)CNCCO)c1. The molecule has 3 N–H and O–H groups in total. The normalized spacial score (nSPS) is 11.8. The van der Waals surface area contributed by atoms with Crippen molar-refractivity contribution in [3.63, 3.8) is 0 Å². The highest BCUT2D eigenvalue weighted by atomic mass is 16.5. The average Bonchev–Trinajstić information content (AvgIpc) is 2.37. The maximum absolute atomic E-state index is 9.53. The molecule has 1 aromatic rings. The quantitative estimate of drug-likeness (QED) is 0.575. The molecule has 5 heteroatoms. The van der Waals surface area contributed by atoms with Crippen LogP contribution in [-0.2, 0) is 0 Å². The van der Waals surface area contributed by atoms with Gasteiger partial charge >= 0.3 is 0 Å². The van der Waals surface area contributed by atoms with E-state index in [1.165, 1.54) is 0 Å². The predicted molar refractivity (Wildman–Crippen MR) is 62.6 cm³/mol. The fourth-order valence-electron chi connectivity index (χ4n) is 1.25. The van der Waals surface area contributed by atoms with E-state index < -0.39 is 6.10 Å². The van der Waals surface area contributed by atoms with Crippen molar-refractivity contribution in [2.24, 2.45) is 0 Å². The molecule has 1 aromatic carbocycles. The van der Waals surface area contributed by atoms with Gasteiger partial charge in [0.1, 0.15) is 18.5 Å². The number of aliphatic hydroxyl groups is 2. The minimum absolute atomic E-state index is 0.0395. The summed E-state index contributed by atoms with van der Waals surface area (Å²) in [7, 11) is 0. The summed E-state index contributed by atoms with van der Waals surface area (Å²) in [6.07, 6.45) is -0.646. The number of hydrogen-bond donors (Lipinski definition) is 3. The predicted octanol–water partition coefficient (Wildman–Crippen LogP) is -0.120. The van der Waals surface area contributed by atoms with E-state index in [4.69, 9.17) is 15.1 Å². The second kappa shape index (κ2) is 7.63. The van der Waals surface area contributed by atoms with Crippen LogP contribution in [0.15, 0.2) is 24.3 Å². The molecule has 1 unspecified atom stereocenters. The Kier molecular flexibility index (Phi) is 6.04. The Morgan fingerprint density at radius 2 is 2.29 bits per heavy atom. The highest BCUT2D eigenvalue weighted by Gasteiger charge is 2.04. The van der Waals surface area contributed by atoms with Crippen molar-refractivity contribution in [1.29, 1.82) is 5.26 Å². The van der Waals surface area contributed by atoms with Gasteiger partial charge in [0.05, 0.1) is 18.2 Å². The van der Waals surface area contributed by atoms with Crippen LogP contribution < -0.4 is 10.1 Å². The molecule has 92 valence electrons. The van der Waals surface area contributed by atoms with Crippen LogP contribution in [0.2, 0.25) is 0 Å². The molecule has 1 atom stereocenters. The molecule has 0 aliphatic heterocycles. The summed E-state index contributed by atoms with van der Waals surface area (Å²) in [6.45, 7) is 0.991. The summed E-state index contributed by atoms with van der Waals surface area (Å²) < 4.78 is 5.34. The number of nitrogens with zero attached hydrogens (tertiary/aromatic N) is 1. The van der Waals surface area contributed by atoms with E-state index in [1.54, 1.807) is 24.3 Å². The number of hydrogen-bond acceptors (Lipinski definition) is 5. The molecule has 17 heavy (non-hydrogen) atoms. The molecule has 0 saturated carbocycles. The van der Waals surface area contributed by atoms with Gasteiger partial charge in [-0.3, -0.25) is 0 Å². The minimum Gasteiger partial charge on any atom is -0.491 e. The first kappa shape index (κ1) is 13.5. The van der Waals surface area contributed by atoms with Gasteiger partial charge in [-0.2, -0.15) is 5.26 Å². The zero-order chi connectivity index (χ0) is 12.5. The third-order valence-corrected chi connectivity index (χ3v) is 2.07. The zero-order valence-corrected chi connectivity index (χ0v) is 9.47. The van der Waals surface area contributed by atoms with Crippen LogP contribution in [0.25, 0.3) is 0 Å². The van der Waals surface area contributed by atoms with E-state index in [9.17, 15) is 5.11 Å². The third-order valence-electron chi connectivity index (χ3n) is 2.07. The van der Waals surface area contributed by atoms with Gasteiger partial charge in [0.15, 0.2) is 0 Å². The number of nitriles is 1. The van der Waals surface area contributed by atoms with E-state index in [2.05, 4.69) is 5.32 Å². The first-order valence-corrected chi connectivity index (χ1v) is 5.39. The van der Waals surface area contributed by atoms with Crippen LogP contribution in [0, 0.1) is 11.3 Å². The molecule has 0 aliphatic rings. The number of ether oxygens (including phenoxy) is 1. The third kappa shape index (κ3) is 5.31. The second-order valence-electron chi connectivity index (χ2n) is 3.53. The molecular formula is C12H16N2O3. The van der Waals surface area contributed by atoms with Gasteiger partial charge in [-0.1, -0.05) is 6.07 Å². The van der Waals surface area contributed by atoms with Gasteiger partial charge < -0.3 is 20.3 Å². The smallest absolute Gasteiger partial charge is 0.120 e. The Labute approximate surface area is 100 Å². The lowest BCUT2D eigenvalue weighted by Gasteiger charge is -2.12. The van der Waals surface area contributed by atoms with Gasteiger partial charge in [0.2, 0.25) is 0 Å². The molecule has 0 bridgehead atoms. The molecule has 0 spiro atoms. The van der Waals surface area contributed by atoms with Crippen LogP contribution in [0.1, 0.15) is 5.56 Å². The van der Waals surface area contributed by atoms with Gasteiger partial charge in [-0.05, 0) is 18.2 Å². The number of aliphatic hydroxyl groups excluding tert-OH is 2. The summed E-state index contributed by atoms with van der Waals surface area (Å²) in [5, 5.41) is 29.6. The minimum atomic E-state index is -0.646. The van der Waals surface area contributed by atoms with Crippen molar-refractivity contribution < 1.29 is 14.9 Å². The summed E-state index contributed by atoms with van der Waals surface area (Å²) in [5.41, 5.74) is 0.524. The molecule has 0 amide bonds. The van der Waals surface area contributed by atoms with E-state index in [-0.39, 0.29) is 13.2 Å². The first-order valence-electron chi connectivity index (χ1n) is 5.39. The Bertz CT molecular complexity index is 376. The fraction of sp³-hybridized carbons (Fsp3) is 0.417. The molecule has 0 radical (unpaired) electrons. The molecule has 0 aromatic heterocycles. The van der Waals surface area contributed by atoms with Crippen LogP contribution in [0.4, 0.5) is 0 Å². The highest BCUT2D eigenvalue weighted by Crippen LogP contribution is 2.12. The number of nitrogens with one attached hydrogen (secondary N) is 1. The highest BCUT2D eigenvalue weighted by molar-refractivity contribution is 5.36. The largest absolute Gasteiger partial charge is 0.491 e. The lowest BCUT2D eigenvalue weighted by Crippen LogP contribution is -2.32. The maximum Gasteiger partial charge on any atom is 0.120 e. The van der Waals surface area contributed by atoms with Crippen molar-refractivity contribution in [1.82, 2.24) is 5.32 Å². The number of rotatable bonds is 7. The monoisotopic (exact) mass is 236 g/mol. The average molecular weight is 236 g/mol.